The van der Waals surface area contributed by atoms with E-state index in [2.05, 4.69) is 4.98 Å². The van der Waals surface area contributed by atoms with Crippen molar-refractivity contribution in [3.63, 3.8) is 0 Å². The molecule has 92 valence electrons. The Kier molecular flexibility index (Phi) is 4.11. The summed E-state index contributed by atoms with van der Waals surface area (Å²) in [6, 6.07) is 9.99. The van der Waals surface area contributed by atoms with E-state index in [9.17, 15) is 4.79 Å². The lowest BCUT2D eigenvalue weighted by molar-refractivity contribution is 0.0696. The average molecular weight is 300 g/mol. The third-order valence-electron chi connectivity index (χ3n) is 2.04. The van der Waals surface area contributed by atoms with Gasteiger partial charge in [0.1, 0.15) is 10.2 Å². The van der Waals surface area contributed by atoms with Crippen molar-refractivity contribution in [3.05, 3.63) is 52.1 Å². The summed E-state index contributed by atoms with van der Waals surface area (Å²) in [6.45, 7) is 0. The molecule has 0 radical (unpaired) electrons. The van der Waals surface area contributed by atoms with Gasteiger partial charge in [0.05, 0.1) is 5.56 Å². The average Bonchev–Trinajstić information content (AvgIpc) is 2.28. The molecule has 0 fully saturated rings. The molecular formula is C12H7Cl2NO2S. The first-order valence-electron chi connectivity index (χ1n) is 4.89. The molecule has 3 nitrogen and oxygen atoms in total. The molecule has 0 spiro atoms. The summed E-state index contributed by atoms with van der Waals surface area (Å²) in [5.41, 5.74) is 0.111. The fourth-order valence-electron chi connectivity index (χ4n) is 1.30. The maximum absolute atomic E-state index is 10.9. The highest BCUT2D eigenvalue weighted by molar-refractivity contribution is 7.99. The Morgan fingerprint density at radius 2 is 2.00 bits per heavy atom. The summed E-state index contributed by atoms with van der Waals surface area (Å²) in [6.07, 6.45) is 0. The van der Waals surface area contributed by atoms with Crippen molar-refractivity contribution in [3.8, 4) is 0 Å². The normalized spacial score (nSPS) is 10.3. The highest BCUT2D eigenvalue weighted by Gasteiger charge is 2.08. The van der Waals surface area contributed by atoms with E-state index in [1.165, 1.54) is 23.9 Å². The van der Waals surface area contributed by atoms with Crippen LogP contribution in [0.2, 0.25) is 10.2 Å². The molecule has 1 aromatic carbocycles. The number of hydrogen-bond acceptors (Lipinski definition) is 3. The molecule has 0 aliphatic rings. The van der Waals surface area contributed by atoms with Crippen molar-refractivity contribution in [2.24, 2.45) is 0 Å². The Hall–Kier alpha value is -1.23. The van der Waals surface area contributed by atoms with Gasteiger partial charge in [0.2, 0.25) is 0 Å². The summed E-state index contributed by atoms with van der Waals surface area (Å²) in [5.74, 6) is -1.03. The first-order valence-corrected chi connectivity index (χ1v) is 6.46. The van der Waals surface area contributed by atoms with E-state index in [4.69, 9.17) is 28.3 Å². The molecule has 0 atom stereocenters. The predicted molar refractivity (Wildman–Crippen MR) is 71.8 cm³/mol. The lowest BCUT2D eigenvalue weighted by Gasteiger charge is -2.03. The van der Waals surface area contributed by atoms with Gasteiger partial charge in [0.15, 0.2) is 0 Å². The van der Waals surface area contributed by atoms with Crippen LogP contribution in [0.25, 0.3) is 0 Å². The van der Waals surface area contributed by atoms with Gasteiger partial charge in [-0.1, -0.05) is 41.0 Å². The summed E-state index contributed by atoms with van der Waals surface area (Å²) < 4.78 is 0. The number of benzene rings is 1. The SMILES string of the molecule is O=C(O)c1cc(Cl)nc(Sc2cccc(Cl)c2)c1. The number of pyridine rings is 1. The minimum atomic E-state index is -1.03. The second-order valence-electron chi connectivity index (χ2n) is 3.38. The second-order valence-corrected chi connectivity index (χ2v) is 5.30. The van der Waals surface area contributed by atoms with E-state index in [1.807, 2.05) is 12.1 Å². The molecule has 18 heavy (non-hydrogen) atoms. The molecule has 1 N–H and O–H groups in total. The van der Waals surface area contributed by atoms with Crippen LogP contribution in [0.5, 0.6) is 0 Å². The highest BCUT2D eigenvalue weighted by Crippen LogP contribution is 2.29. The van der Waals surface area contributed by atoms with Gasteiger partial charge in [-0.25, -0.2) is 9.78 Å². The van der Waals surface area contributed by atoms with Crippen LogP contribution in [0, 0.1) is 0 Å². The molecule has 0 amide bonds. The maximum Gasteiger partial charge on any atom is 0.335 e. The monoisotopic (exact) mass is 299 g/mol. The van der Waals surface area contributed by atoms with Crippen LogP contribution >= 0.6 is 35.0 Å². The van der Waals surface area contributed by atoms with Gasteiger partial charge in [-0.05, 0) is 30.3 Å². The number of hydrogen-bond donors (Lipinski definition) is 1. The van der Waals surface area contributed by atoms with E-state index in [-0.39, 0.29) is 10.7 Å². The fraction of sp³-hybridized carbons (Fsp3) is 0. The number of carboxylic acid groups (broad SMARTS) is 1. The molecule has 0 bridgehead atoms. The Labute approximate surface area is 118 Å². The molecule has 2 rings (SSSR count). The number of rotatable bonds is 3. The third-order valence-corrected chi connectivity index (χ3v) is 3.37. The number of halogens is 2. The highest BCUT2D eigenvalue weighted by atomic mass is 35.5. The van der Waals surface area contributed by atoms with E-state index in [0.717, 1.165) is 4.90 Å². The number of aromatic nitrogens is 1. The zero-order valence-electron chi connectivity index (χ0n) is 8.93. The van der Waals surface area contributed by atoms with Crippen molar-refractivity contribution in [1.82, 2.24) is 4.98 Å². The minimum Gasteiger partial charge on any atom is -0.478 e. The van der Waals surface area contributed by atoms with Gasteiger partial charge in [-0.2, -0.15) is 0 Å². The van der Waals surface area contributed by atoms with Crippen LogP contribution in [0.4, 0.5) is 0 Å². The van der Waals surface area contributed by atoms with Gasteiger partial charge in [0, 0.05) is 9.92 Å². The molecular weight excluding hydrogens is 293 g/mol. The molecule has 1 heterocycles. The summed E-state index contributed by atoms with van der Waals surface area (Å²) in [4.78, 5) is 15.8. The number of carboxylic acids is 1. The molecule has 6 heteroatoms. The van der Waals surface area contributed by atoms with E-state index >= 15 is 0 Å². The zero-order chi connectivity index (χ0) is 13.1. The van der Waals surface area contributed by atoms with Crippen LogP contribution in [-0.4, -0.2) is 16.1 Å². The van der Waals surface area contributed by atoms with Gasteiger partial charge in [0.25, 0.3) is 0 Å². The largest absolute Gasteiger partial charge is 0.478 e. The van der Waals surface area contributed by atoms with Gasteiger partial charge >= 0.3 is 5.97 Å². The first kappa shape index (κ1) is 13.2. The van der Waals surface area contributed by atoms with Crippen LogP contribution < -0.4 is 0 Å². The Bertz CT molecular complexity index is 604. The fourth-order valence-corrected chi connectivity index (χ4v) is 2.72. The Morgan fingerprint density at radius 1 is 1.22 bits per heavy atom. The summed E-state index contributed by atoms with van der Waals surface area (Å²) in [7, 11) is 0. The van der Waals surface area contributed by atoms with Crippen LogP contribution in [-0.2, 0) is 0 Å². The van der Waals surface area contributed by atoms with Crippen molar-refractivity contribution in [2.45, 2.75) is 9.92 Å². The lowest BCUT2D eigenvalue weighted by atomic mass is 10.3. The second kappa shape index (κ2) is 5.61. The van der Waals surface area contributed by atoms with Crippen molar-refractivity contribution < 1.29 is 9.90 Å². The van der Waals surface area contributed by atoms with Crippen LogP contribution in [0.1, 0.15) is 10.4 Å². The molecule has 0 saturated carbocycles. The molecule has 0 aliphatic carbocycles. The third kappa shape index (κ3) is 3.38. The molecule has 0 saturated heterocycles. The first-order chi connectivity index (χ1) is 8.54. The topological polar surface area (TPSA) is 50.2 Å². The summed E-state index contributed by atoms with van der Waals surface area (Å²) in [5, 5.41) is 10.2. The van der Waals surface area contributed by atoms with E-state index in [0.29, 0.717) is 10.0 Å². The predicted octanol–water partition coefficient (Wildman–Crippen LogP) is 4.24. The van der Waals surface area contributed by atoms with Gasteiger partial charge in [-0.3, -0.25) is 0 Å². The number of aromatic carboxylic acids is 1. The Balaban J connectivity index is 2.31. The van der Waals surface area contributed by atoms with E-state index in [1.54, 1.807) is 12.1 Å². The van der Waals surface area contributed by atoms with Crippen LogP contribution in [0.3, 0.4) is 0 Å². The van der Waals surface area contributed by atoms with Crippen molar-refractivity contribution >= 4 is 40.9 Å². The summed E-state index contributed by atoms with van der Waals surface area (Å²) >= 11 is 13.0. The molecule has 2 aromatic rings. The molecule has 1 aromatic heterocycles. The molecule has 0 aliphatic heterocycles. The van der Waals surface area contributed by atoms with E-state index < -0.39 is 5.97 Å². The lowest BCUT2D eigenvalue weighted by Crippen LogP contribution is -1.97. The Morgan fingerprint density at radius 3 is 2.67 bits per heavy atom. The molecule has 0 unspecified atom stereocenters. The maximum atomic E-state index is 10.9. The number of nitrogens with zero attached hydrogens (tertiary/aromatic N) is 1. The van der Waals surface area contributed by atoms with Gasteiger partial charge in [-0.15, -0.1) is 0 Å². The quantitative estimate of drug-likeness (QED) is 0.861. The van der Waals surface area contributed by atoms with Gasteiger partial charge < -0.3 is 5.11 Å². The van der Waals surface area contributed by atoms with Crippen molar-refractivity contribution in [2.75, 3.05) is 0 Å². The standard InChI is InChI=1S/C12H7Cl2NO2S/c13-8-2-1-3-9(6-8)18-11-5-7(12(16)17)4-10(14)15-11/h1-6H,(H,16,17). The smallest absolute Gasteiger partial charge is 0.335 e. The van der Waals surface area contributed by atoms with Crippen LogP contribution in [0.15, 0.2) is 46.3 Å². The van der Waals surface area contributed by atoms with Crippen molar-refractivity contribution in [1.29, 1.82) is 0 Å². The minimum absolute atomic E-state index is 0.111. The zero-order valence-corrected chi connectivity index (χ0v) is 11.3. The number of carbonyl (C=O) groups is 1.